The second-order valence-corrected chi connectivity index (χ2v) is 6.78. The molecule has 1 aromatic carbocycles. The molecule has 2 aromatic rings. The molecule has 1 saturated heterocycles. The molecule has 1 fully saturated rings. The number of nitrogens with zero attached hydrogens (tertiary/aromatic N) is 4. The predicted octanol–water partition coefficient (Wildman–Crippen LogP) is 3.34. The van der Waals surface area contributed by atoms with Crippen LogP contribution in [0.2, 0.25) is 0 Å². The molecule has 0 atom stereocenters. The molecule has 1 aliphatic rings. The number of hydrogen-bond acceptors (Lipinski definition) is 5. The van der Waals surface area contributed by atoms with Crippen molar-refractivity contribution in [3.05, 3.63) is 47.9 Å². The largest absolute Gasteiger partial charge is 0.408 e. The fourth-order valence-corrected chi connectivity index (χ4v) is 2.99. The van der Waals surface area contributed by atoms with Gasteiger partial charge < -0.3 is 14.2 Å². The van der Waals surface area contributed by atoms with E-state index in [-0.39, 0.29) is 11.8 Å². The molecule has 0 saturated carbocycles. The molecule has 1 amide bonds. The summed E-state index contributed by atoms with van der Waals surface area (Å²) in [6.45, 7) is 8.84. The maximum absolute atomic E-state index is 12.7. The lowest BCUT2D eigenvalue weighted by Crippen LogP contribution is -2.48. The average molecular weight is 354 g/mol. The minimum absolute atomic E-state index is 0.0683. The van der Waals surface area contributed by atoms with E-state index in [4.69, 9.17) is 4.42 Å². The smallest absolute Gasteiger partial charge is 0.318 e. The molecule has 0 bridgehead atoms. The first-order valence-electron chi connectivity index (χ1n) is 9.21. The van der Waals surface area contributed by atoms with Crippen molar-refractivity contribution < 1.29 is 9.21 Å². The lowest BCUT2D eigenvalue weighted by atomic mass is 10.0. The van der Waals surface area contributed by atoms with Gasteiger partial charge >= 0.3 is 6.01 Å². The lowest BCUT2D eigenvalue weighted by molar-refractivity contribution is -0.126. The monoisotopic (exact) mass is 354 g/mol. The van der Waals surface area contributed by atoms with Crippen molar-refractivity contribution in [2.24, 2.45) is 0 Å². The number of carbonyl (C=O) groups excluding carboxylic acids is 1. The molecule has 6 nitrogen and oxygen atoms in total. The summed E-state index contributed by atoms with van der Waals surface area (Å²) in [6.07, 6.45) is 2.60. The molecule has 0 unspecified atom stereocenters. The van der Waals surface area contributed by atoms with E-state index in [0.29, 0.717) is 38.1 Å². The van der Waals surface area contributed by atoms with Crippen LogP contribution in [0.1, 0.15) is 44.6 Å². The Balaban J connectivity index is 1.62. The fourth-order valence-electron chi connectivity index (χ4n) is 2.99. The van der Waals surface area contributed by atoms with E-state index < -0.39 is 0 Å². The zero-order chi connectivity index (χ0) is 18.5. The normalized spacial score (nSPS) is 15.6. The first-order chi connectivity index (χ1) is 12.6. The van der Waals surface area contributed by atoms with Gasteiger partial charge in [0.1, 0.15) is 0 Å². The Labute approximate surface area is 154 Å². The molecule has 3 rings (SSSR count). The van der Waals surface area contributed by atoms with E-state index in [1.54, 1.807) is 6.08 Å². The minimum Gasteiger partial charge on any atom is -0.408 e. The molecule has 1 aliphatic heterocycles. The van der Waals surface area contributed by atoms with Crippen LogP contribution in [0, 0.1) is 0 Å². The van der Waals surface area contributed by atoms with Gasteiger partial charge in [-0.25, -0.2) is 0 Å². The number of piperazine rings is 1. The Hall–Kier alpha value is -2.63. The van der Waals surface area contributed by atoms with E-state index in [1.807, 2.05) is 54.0 Å². The second-order valence-electron chi connectivity index (χ2n) is 6.78. The summed E-state index contributed by atoms with van der Waals surface area (Å²) in [5, 5.41) is 8.21. The van der Waals surface area contributed by atoms with Gasteiger partial charge in [-0.15, -0.1) is 5.10 Å². The topological polar surface area (TPSA) is 62.5 Å². The SMILES string of the molecule is CC/C(=C\C(=O)N1CCN(c2nnc(C(C)C)o2)CC1)c1ccccc1. The highest BCUT2D eigenvalue weighted by molar-refractivity contribution is 5.95. The van der Waals surface area contributed by atoms with Gasteiger partial charge in [0.2, 0.25) is 11.8 Å². The van der Waals surface area contributed by atoms with Crippen molar-refractivity contribution in [1.29, 1.82) is 0 Å². The number of benzene rings is 1. The molecular weight excluding hydrogens is 328 g/mol. The molecule has 2 heterocycles. The molecule has 0 spiro atoms. The number of aromatic nitrogens is 2. The van der Waals surface area contributed by atoms with E-state index in [2.05, 4.69) is 17.1 Å². The summed E-state index contributed by atoms with van der Waals surface area (Å²) in [7, 11) is 0. The lowest BCUT2D eigenvalue weighted by Gasteiger charge is -2.33. The highest BCUT2D eigenvalue weighted by Gasteiger charge is 2.24. The molecule has 138 valence electrons. The van der Waals surface area contributed by atoms with E-state index in [0.717, 1.165) is 17.6 Å². The zero-order valence-corrected chi connectivity index (χ0v) is 15.7. The highest BCUT2D eigenvalue weighted by Crippen LogP contribution is 2.21. The van der Waals surface area contributed by atoms with Crippen molar-refractivity contribution in [2.45, 2.75) is 33.1 Å². The van der Waals surface area contributed by atoms with Gasteiger partial charge in [0.15, 0.2) is 0 Å². The Bertz CT molecular complexity index is 759. The van der Waals surface area contributed by atoms with Crippen molar-refractivity contribution >= 4 is 17.5 Å². The maximum Gasteiger partial charge on any atom is 0.318 e. The highest BCUT2D eigenvalue weighted by atomic mass is 16.4. The molecule has 0 radical (unpaired) electrons. The van der Waals surface area contributed by atoms with Crippen LogP contribution in [0.5, 0.6) is 0 Å². The maximum atomic E-state index is 12.7. The van der Waals surface area contributed by atoms with Crippen LogP contribution in [0.15, 0.2) is 40.8 Å². The third kappa shape index (κ3) is 4.12. The van der Waals surface area contributed by atoms with Gasteiger partial charge in [-0.2, -0.15) is 0 Å². The molecule has 6 heteroatoms. The number of rotatable bonds is 5. The van der Waals surface area contributed by atoms with Crippen molar-refractivity contribution in [2.75, 3.05) is 31.1 Å². The van der Waals surface area contributed by atoms with Gasteiger partial charge in [0.05, 0.1) is 0 Å². The van der Waals surface area contributed by atoms with Crippen LogP contribution in [0.3, 0.4) is 0 Å². The Morgan fingerprint density at radius 2 is 1.85 bits per heavy atom. The average Bonchev–Trinajstić information content (AvgIpc) is 3.17. The van der Waals surface area contributed by atoms with Crippen molar-refractivity contribution in [3.8, 4) is 0 Å². The van der Waals surface area contributed by atoms with Crippen LogP contribution < -0.4 is 4.90 Å². The van der Waals surface area contributed by atoms with Gasteiger partial charge in [-0.1, -0.05) is 56.2 Å². The molecule has 0 N–H and O–H groups in total. The van der Waals surface area contributed by atoms with Gasteiger partial charge in [-0.05, 0) is 17.6 Å². The standard InChI is InChI=1S/C20H26N4O2/c1-4-16(17-8-6-5-7-9-17)14-18(25)23-10-12-24(13-11-23)20-22-21-19(26-20)15(2)3/h5-9,14-15H,4,10-13H2,1-3H3/b16-14+. The number of allylic oxidation sites excluding steroid dienone is 1. The Morgan fingerprint density at radius 1 is 1.15 bits per heavy atom. The third-order valence-corrected chi connectivity index (χ3v) is 4.61. The number of carbonyl (C=O) groups is 1. The van der Waals surface area contributed by atoms with E-state index >= 15 is 0 Å². The quantitative estimate of drug-likeness (QED) is 0.771. The van der Waals surface area contributed by atoms with Crippen molar-refractivity contribution in [3.63, 3.8) is 0 Å². The van der Waals surface area contributed by atoms with Gasteiger partial charge in [0.25, 0.3) is 0 Å². The fraction of sp³-hybridized carbons (Fsp3) is 0.450. The third-order valence-electron chi connectivity index (χ3n) is 4.61. The van der Waals surface area contributed by atoms with Crippen LogP contribution in [-0.4, -0.2) is 47.2 Å². The van der Waals surface area contributed by atoms with Crippen LogP contribution >= 0.6 is 0 Å². The van der Waals surface area contributed by atoms with Crippen LogP contribution in [0.25, 0.3) is 5.57 Å². The molecule has 26 heavy (non-hydrogen) atoms. The summed E-state index contributed by atoms with van der Waals surface area (Å²) in [6, 6.07) is 10.6. The van der Waals surface area contributed by atoms with E-state index in [1.165, 1.54) is 0 Å². The Kier molecular flexibility index (Phi) is 5.71. The van der Waals surface area contributed by atoms with Crippen LogP contribution in [-0.2, 0) is 4.79 Å². The number of amides is 1. The first-order valence-corrected chi connectivity index (χ1v) is 9.21. The second kappa shape index (κ2) is 8.17. The molecular formula is C20H26N4O2. The van der Waals surface area contributed by atoms with Gasteiger partial charge in [-0.3, -0.25) is 4.79 Å². The molecule has 0 aliphatic carbocycles. The van der Waals surface area contributed by atoms with Crippen molar-refractivity contribution in [1.82, 2.24) is 15.1 Å². The first kappa shape index (κ1) is 18.2. The summed E-state index contributed by atoms with van der Waals surface area (Å²) in [4.78, 5) is 16.6. The minimum atomic E-state index is 0.0683. The Morgan fingerprint density at radius 3 is 2.42 bits per heavy atom. The summed E-state index contributed by atoms with van der Waals surface area (Å²) < 4.78 is 5.71. The van der Waals surface area contributed by atoms with Crippen LogP contribution in [0.4, 0.5) is 6.01 Å². The molecule has 1 aromatic heterocycles. The number of anilines is 1. The predicted molar refractivity (Wildman–Crippen MR) is 102 cm³/mol. The van der Waals surface area contributed by atoms with Gasteiger partial charge in [0, 0.05) is 38.2 Å². The summed E-state index contributed by atoms with van der Waals surface area (Å²) in [5.74, 6) is 0.936. The summed E-state index contributed by atoms with van der Waals surface area (Å²) >= 11 is 0. The summed E-state index contributed by atoms with van der Waals surface area (Å²) in [5.41, 5.74) is 2.17. The van der Waals surface area contributed by atoms with E-state index in [9.17, 15) is 4.79 Å². The zero-order valence-electron chi connectivity index (χ0n) is 15.7. The number of hydrogen-bond donors (Lipinski definition) is 0.